The van der Waals surface area contributed by atoms with E-state index in [9.17, 15) is 31.1 Å². The van der Waals surface area contributed by atoms with Gasteiger partial charge in [0, 0.05) is 24.4 Å². The monoisotopic (exact) mass is 471 g/mol. The number of carbonyl (C=O) groups excluding carboxylic acids is 1. The topological polar surface area (TPSA) is 55.3 Å². The number of benzene rings is 1. The van der Waals surface area contributed by atoms with Gasteiger partial charge in [-0.15, -0.1) is 13.2 Å². The number of alkyl halides is 3. The molecule has 0 bridgehead atoms. The molecular formula is C17H12ClF6N3O2S. The fraction of sp³-hybridized carbons (Fsp3) is 0.235. The summed E-state index contributed by atoms with van der Waals surface area (Å²) in [5.74, 6) is -5.50. The lowest BCUT2D eigenvalue weighted by atomic mass is 10.2. The smallest absolute Gasteiger partial charge is 0.331 e. The molecule has 0 saturated carbocycles. The fourth-order valence-corrected chi connectivity index (χ4v) is 3.91. The van der Waals surface area contributed by atoms with Crippen molar-refractivity contribution in [3.05, 3.63) is 52.1 Å². The standard InChI is InChI=1S/C17H12ClF6N3O2S/c1-7(29-17(22,23)24)26-30-15-11-3-2-4-27(11)14(12(15)18)16(28)25-8-5-9(19)13(21)10(20)6-8/h2-3,5-7,26H,4H2,1H3,(H,25,28). The van der Waals surface area contributed by atoms with Gasteiger partial charge in [-0.25, -0.2) is 17.9 Å². The third kappa shape index (κ3) is 4.77. The molecule has 0 spiro atoms. The van der Waals surface area contributed by atoms with E-state index < -0.39 is 35.9 Å². The summed E-state index contributed by atoms with van der Waals surface area (Å²) in [6, 6.07) is 1.20. The zero-order valence-electron chi connectivity index (χ0n) is 14.9. The molecule has 1 unspecified atom stereocenters. The maximum atomic E-state index is 13.4. The number of amides is 1. The van der Waals surface area contributed by atoms with Crippen molar-refractivity contribution in [2.24, 2.45) is 0 Å². The number of halogens is 7. The Morgan fingerprint density at radius 1 is 1.27 bits per heavy atom. The third-order valence-electron chi connectivity index (χ3n) is 3.86. The summed E-state index contributed by atoms with van der Waals surface area (Å²) >= 11 is 6.99. The predicted octanol–water partition coefficient (Wildman–Crippen LogP) is 5.32. The number of hydrogen-bond acceptors (Lipinski definition) is 4. The van der Waals surface area contributed by atoms with E-state index in [2.05, 4.69) is 14.8 Å². The first kappa shape index (κ1) is 22.5. The number of nitrogens with one attached hydrogen (secondary N) is 2. The molecule has 2 N–H and O–H groups in total. The predicted molar refractivity (Wildman–Crippen MR) is 98.3 cm³/mol. The van der Waals surface area contributed by atoms with E-state index in [0.29, 0.717) is 17.8 Å². The van der Waals surface area contributed by atoms with Gasteiger partial charge in [0.05, 0.1) is 15.6 Å². The number of ether oxygens (including phenoxy) is 1. The molecule has 1 aromatic heterocycles. The zero-order chi connectivity index (χ0) is 22.2. The molecule has 0 saturated heterocycles. The maximum Gasteiger partial charge on any atom is 0.524 e. The molecule has 5 nitrogen and oxygen atoms in total. The van der Waals surface area contributed by atoms with E-state index in [-0.39, 0.29) is 27.8 Å². The van der Waals surface area contributed by atoms with Gasteiger partial charge in [0.2, 0.25) is 0 Å². The first-order valence-electron chi connectivity index (χ1n) is 8.19. The van der Waals surface area contributed by atoms with Crippen molar-refractivity contribution in [2.75, 3.05) is 5.32 Å². The summed E-state index contributed by atoms with van der Waals surface area (Å²) in [6.07, 6.45) is -2.97. The molecule has 13 heteroatoms. The lowest BCUT2D eigenvalue weighted by molar-refractivity contribution is -0.341. The molecule has 30 heavy (non-hydrogen) atoms. The second-order valence-corrected chi connectivity index (χ2v) is 7.25. The Balaban J connectivity index is 1.83. The molecule has 1 aromatic carbocycles. The first-order chi connectivity index (χ1) is 14.0. The number of aromatic nitrogens is 1. The molecule has 2 aromatic rings. The Hall–Kier alpha value is -2.15. The molecular weight excluding hydrogens is 460 g/mol. The van der Waals surface area contributed by atoms with Gasteiger partial charge in [-0.2, -0.15) is 0 Å². The third-order valence-corrected chi connectivity index (χ3v) is 5.41. The van der Waals surface area contributed by atoms with Gasteiger partial charge < -0.3 is 9.88 Å². The van der Waals surface area contributed by atoms with E-state index in [4.69, 9.17) is 11.6 Å². The van der Waals surface area contributed by atoms with Gasteiger partial charge in [0.25, 0.3) is 5.91 Å². The summed E-state index contributed by atoms with van der Waals surface area (Å²) in [4.78, 5) is 12.9. The number of carbonyl (C=O) groups is 1. The number of anilines is 1. The number of nitrogens with zero attached hydrogens (tertiary/aromatic N) is 1. The highest BCUT2D eigenvalue weighted by molar-refractivity contribution is 7.97. The normalized spacial score (nSPS) is 14.1. The lowest BCUT2D eigenvalue weighted by Crippen LogP contribution is -2.29. The summed E-state index contributed by atoms with van der Waals surface area (Å²) < 4.78 is 84.4. The van der Waals surface area contributed by atoms with Crippen LogP contribution in [0.3, 0.4) is 0 Å². The van der Waals surface area contributed by atoms with Crippen LogP contribution in [0.4, 0.5) is 32.0 Å². The van der Waals surface area contributed by atoms with Crippen LogP contribution in [0.25, 0.3) is 6.08 Å². The zero-order valence-corrected chi connectivity index (χ0v) is 16.5. The average molecular weight is 472 g/mol. The number of allylic oxidation sites excluding steroid dienone is 1. The lowest BCUT2D eigenvalue weighted by Gasteiger charge is -2.15. The highest BCUT2D eigenvalue weighted by Gasteiger charge is 2.33. The van der Waals surface area contributed by atoms with Crippen molar-refractivity contribution >= 4 is 41.2 Å². The molecule has 162 valence electrons. The second kappa shape index (κ2) is 8.53. The highest BCUT2D eigenvalue weighted by Crippen LogP contribution is 2.38. The van der Waals surface area contributed by atoms with E-state index >= 15 is 0 Å². The van der Waals surface area contributed by atoms with Crippen LogP contribution in [0, 0.1) is 17.5 Å². The van der Waals surface area contributed by atoms with E-state index in [1.807, 2.05) is 0 Å². The van der Waals surface area contributed by atoms with Crippen LogP contribution in [0.1, 0.15) is 23.1 Å². The summed E-state index contributed by atoms with van der Waals surface area (Å²) in [5, 5.41) is 2.13. The minimum absolute atomic E-state index is 0.0875. The Kier molecular flexibility index (Phi) is 6.41. The average Bonchev–Trinajstić information content (AvgIpc) is 3.16. The molecule has 1 amide bonds. The van der Waals surface area contributed by atoms with Gasteiger partial charge in [0.1, 0.15) is 11.9 Å². The van der Waals surface area contributed by atoms with Crippen molar-refractivity contribution in [1.29, 1.82) is 0 Å². The molecule has 0 aliphatic carbocycles. The van der Waals surface area contributed by atoms with Crippen molar-refractivity contribution < 1.29 is 35.9 Å². The minimum atomic E-state index is -4.84. The van der Waals surface area contributed by atoms with Crippen molar-refractivity contribution in [3.63, 3.8) is 0 Å². The summed E-state index contributed by atoms with van der Waals surface area (Å²) in [7, 11) is 0. The van der Waals surface area contributed by atoms with E-state index in [1.54, 1.807) is 12.2 Å². The largest absolute Gasteiger partial charge is 0.524 e. The second-order valence-electron chi connectivity index (χ2n) is 6.02. The molecule has 3 rings (SSSR count). The fourth-order valence-electron chi connectivity index (χ4n) is 2.71. The summed E-state index contributed by atoms with van der Waals surface area (Å²) in [5.41, 5.74) is 0.0160. The van der Waals surface area contributed by atoms with Crippen LogP contribution in [0.5, 0.6) is 0 Å². The number of hydrogen-bond donors (Lipinski definition) is 2. The highest BCUT2D eigenvalue weighted by atomic mass is 35.5. The van der Waals surface area contributed by atoms with Crippen molar-refractivity contribution in [1.82, 2.24) is 9.29 Å². The van der Waals surface area contributed by atoms with Crippen LogP contribution in [0.2, 0.25) is 5.02 Å². The minimum Gasteiger partial charge on any atom is -0.331 e. The van der Waals surface area contributed by atoms with Crippen molar-refractivity contribution in [2.45, 2.75) is 31.0 Å². The number of fused-ring (bicyclic) bond motifs is 1. The maximum absolute atomic E-state index is 13.4. The van der Waals surface area contributed by atoms with Gasteiger partial charge in [-0.1, -0.05) is 17.7 Å². The quantitative estimate of drug-likeness (QED) is 0.259. The van der Waals surface area contributed by atoms with Crippen LogP contribution < -0.4 is 10.0 Å². The van der Waals surface area contributed by atoms with Gasteiger partial charge in [-0.05, 0) is 24.9 Å². The Morgan fingerprint density at radius 3 is 2.50 bits per heavy atom. The van der Waals surface area contributed by atoms with Gasteiger partial charge in [-0.3, -0.25) is 9.53 Å². The molecule has 1 atom stereocenters. The van der Waals surface area contributed by atoms with Crippen molar-refractivity contribution in [3.8, 4) is 0 Å². The SMILES string of the molecule is CC(NSc1c(Cl)c(C(=O)Nc2cc(F)c(F)c(F)c2)n2c1C=CC2)OC(F)(F)F. The van der Waals surface area contributed by atoms with Gasteiger partial charge >= 0.3 is 6.36 Å². The summed E-state index contributed by atoms with van der Waals surface area (Å²) in [6.45, 7) is 1.37. The van der Waals surface area contributed by atoms with E-state index in [0.717, 1.165) is 18.9 Å². The molecule has 1 aliphatic rings. The Morgan fingerprint density at radius 2 is 1.90 bits per heavy atom. The Bertz CT molecular complexity index is 1000. The van der Waals surface area contributed by atoms with Gasteiger partial charge in [0.15, 0.2) is 17.5 Å². The van der Waals surface area contributed by atoms with Crippen LogP contribution in [-0.4, -0.2) is 23.1 Å². The first-order valence-corrected chi connectivity index (χ1v) is 9.38. The molecule has 2 heterocycles. The Labute approximate surface area is 175 Å². The van der Waals surface area contributed by atoms with Crippen LogP contribution in [-0.2, 0) is 11.3 Å². The van der Waals surface area contributed by atoms with Crippen LogP contribution in [0.15, 0.2) is 23.1 Å². The molecule has 0 radical (unpaired) electrons. The molecule has 0 fully saturated rings. The number of rotatable bonds is 6. The molecule has 1 aliphatic heterocycles. The van der Waals surface area contributed by atoms with Crippen LogP contribution >= 0.6 is 23.5 Å². The van der Waals surface area contributed by atoms with E-state index in [1.165, 1.54) is 4.57 Å².